The molecule has 0 bridgehead atoms. The molecular weight excluding hydrogens is 355 g/mol. The highest BCUT2D eigenvalue weighted by Crippen LogP contribution is 2.42. The van der Waals surface area contributed by atoms with Crippen molar-refractivity contribution in [2.24, 2.45) is 0 Å². The van der Waals surface area contributed by atoms with Crippen LogP contribution in [-0.4, -0.2) is 28.1 Å². The zero-order valence-electron chi connectivity index (χ0n) is 12.5. The third-order valence-electron chi connectivity index (χ3n) is 3.82. The van der Waals surface area contributed by atoms with Crippen LogP contribution >= 0.6 is 0 Å². The Morgan fingerprint density at radius 2 is 1.38 bits per heavy atom. The predicted octanol–water partition coefficient (Wildman–Crippen LogP) is 4.04. The molecule has 24 heavy (non-hydrogen) atoms. The highest BCUT2D eigenvalue weighted by molar-refractivity contribution is 6.18. The van der Waals surface area contributed by atoms with Crippen LogP contribution in [0.3, 0.4) is 0 Å². The molecule has 0 N–H and O–H groups in total. The van der Waals surface area contributed by atoms with E-state index < -0.39 is 63.1 Å². The van der Waals surface area contributed by atoms with Crippen molar-refractivity contribution in [3.8, 4) is 6.07 Å². The van der Waals surface area contributed by atoms with E-state index in [0.29, 0.717) is 12.1 Å². The van der Waals surface area contributed by atoms with Gasteiger partial charge in [-0.15, -0.1) is 0 Å². The Morgan fingerprint density at radius 1 is 0.958 bits per heavy atom. The van der Waals surface area contributed by atoms with Crippen molar-refractivity contribution in [3.05, 3.63) is 34.4 Å². The minimum absolute atomic E-state index is 0.215. The standard InChI is InChI=1S/C14H11F6NO2.Al/c1-6(22)12(7(2)23)8-3-10(13(15,16)17)9(5-21)11(4-8)14(18,19)20;/h3-4,6-7,12H,1-2H3;/q-2;+2. The molecule has 1 fully saturated rings. The maximum absolute atomic E-state index is 13.2. The molecule has 0 saturated carbocycles. The molecule has 2 unspecified atom stereocenters. The van der Waals surface area contributed by atoms with Gasteiger partial charge in [0.25, 0.3) is 0 Å². The second-order valence-electron chi connectivity index (χ2n) is 5.40. The average Bonchev–Trinajstić information content (AvgIpc) is 2.44. The smallest absolute Gasteiger partial charge is 0.481 e. The number of halogens is 6. The van der Waals surface area contributed by atoms with Crippen molar-refractivity contribution in [1.82, 2.24) is 0 Å². The van der Waals surface area contributed by atoms with Gasteiger partial charge in [0.1, 0.15) is 6.07 Å². The molecule has 1 aromatic carbocycles. The quantitative estimate of drug-likeness (QED) is 0.557. The summed E-state index contributed by atoms with van der Waals surface area (Å²) < 4.78 is 89.5. The summed E-state index contributed by atoms with van der Waals surface area (Å²) in [6.07, 6.45) is -11.4. The Labute approximate surface area is 140 Å². The number of benzene rings is 1. The van der Waals surface area contributed by atoms with Crippen molar-refractivity contribution >= 4 is 15.9 Å². The van der Waals surface area contributed by atoms with Gasteiger partial charge in [-0.2, -0.15) is 31.6 Å². The highest BCUT2D eigenvalue weighted by atomic mass is 27.2. The number of hydrogen-bond donors (Lipinski definition) is 0. The number of nitriles is 1. The van der Waals surface area contributed by atoms with Crippen molar-refractivity contribution in [3.63, 3.8) is 0 Å². The predicted molar refractivity (Wildman–Crippen MR) is 70.8 cm³/mol. The highest BCUT2D eigenvalue weighted by Gasteiger charge is 2.43. The zero-order chi connectivity index (χ0) is 18.3. The van der Waals surface area contributed by atoms with Gasteiger partial charge in [0, 0.05) is 18.1 Å². The molecule has 1 aliphatic heterocycles. The van der Waals surface area contributed by atoms with E-state index >= 15 is 0 Å². The second kappa shape index (κ2) is 6.57. The number of hydrogen-bond acceptors (Lipinski definition) is 3. The minimum Gasteiger partial charge on any atom is -0.481 e. The van der Waals surface area contributed by atoms with E-state index in [-0.39, 0.29) is 5.56 Å². The molecule has 1 aromatic rings. The van der Waals surface area contributed by atoms with Crippen LogP contribution in [0.4, 0.5) is 26.3 Å². The van der Waals surface area contributed by atoms with E-state index in [1.54, 1.807) is 13.8 Å². The van der Waals surface area contributed by atoms with Crippen LogP contribution < -0.4 is 0 Å². The fourth-order valence-corrected chi connectivity index (χ4v) is 3.48. The molecule has 10 heteroatoms. The minimum atomic E-state index is -5.09. The third kappa shape index (κ3) is 3.70. The number of nitrogens with zero attached hydrogens (tertiary/aromatic N) is 1. The zero-order valence-corrected chi connectivity index (χ0v) is 13.7. The lowest BCUT2D eigenvalue weighted by molar-refractivity contribution is -0.143. The summed E-state index contributed by atoms with van der Waals surface area (Å²) in [7, 11) is 0. The Balaban J connectivity index is 2.72. The maximum Gasteiger partial charge on any atom is 0.668 e. The van der Waals surface area contributed by atoms with Gasteiger partial charge >= 0.3 is 28.2 Å². The summed E-state index contributed by atoms with van der Waals surface area (Å²) in [4.78, 5) is 0. The molecule has 2 rings (SSSR count). The average molecular weight is 366 g/mol. The van der Waals surface area contributed by atoms with Crippen LogP contribution in [0, 0.1) is 11.3 Å². The summed E-state index contributed by atoms with van der Waals surface area (Å²) in [6.45, 7) is 3.13. The summed E-state index contributed by atoms with van der Waals surface area (Å²) in [5.74, 6) is -0.804. The van der Waals surface area contributed by atoms with Crippen molar-refractivity contribution in [1.29, 1.82) is 5.26 Å². The fourth-order valence-electron chi connectivity index (χ4n) is 2.72. The molecule has 1 saturated heterocycles. The van der Waals surface area contributed by atoms with E-state index in [2.05, 4.69) is 0 Å². The lowest BCUT2D eigenvalue weighted by Crippen LogP contribution is -2.38. The van der Waals surface area contributed by atoms with Crippen LogP contribution in [0.15, 0.2) is 12.1 Å². The summed E-state index contributed by atoms with van der Waals surface area (Å²) in [5.41, 5.74) is -4.85. The Morgan fingerprint density at radius 3 is 1.71 bits per heavy atom. The Bertz CT molecular complexity index is 622. The van der Waals surface area contributed by atoms with Crippen LogP contribution in [0.2, 0.25) is 0 Å². The number of rotatable bonds is 1. The molecule has 1 radical (unpaired) electrons. The number of alkyl halides is 6. The molecule has 129 valence electrons. The van der Waals surface area contributed by atoms with Crippen LogP contribution in [0.25, 0.3) is 0 Å². The van der Waals surface area contributed by atoms with Gasteiger partial charge in [0.15, 0.2) is 0 Å². The van der Waals surface area contributed by atoms with E-state index in [1.165, 1.54) is 0 Å². The second-order valence-corrected chi connectivity index (χ2v) is 6.14. The van der Waals surface area contributed by atoms with Crippen LogP contribution in [0.5, 0.6) is 0 Å². The van der Waals surface area contributed by atoms with Crippen molar-refractivity contribution in [2.75, 3.05) is 0 Å². The molecule has 0 amide bonds. The first-order valence-corrected chi connectivity index (χ1v) is 7.76. The summed E-state index contributed by atoms with van der Waals surface area (Å²) in [6, 6.07) is 2.20. The Hall–Kier alpha value is -1.26. The normalized spacial score (nSPS) is 25.0. The summed E-state index contributed by atoms with van der Waals surface area (Å²) >= 11 is -0.820. The van der Waals surface area contributed by atoms with E-state index in [9.17, 15) is 26.3 Å². The first-order chi connectivity index (χ1) is 11.0. The lowest BCUT2D eigenvalue weighted by atomic mass is 9.85. The van der Waals surface area contributed by atoms with Gasteiger partial charge in [-0.05, 0) is 31.5 Å². The molecule has 3 nitrogen and oxygen atoms in total. The first kappa shape index (κ1) is 19.1. The summed E-state index contributed by atoms with van der Waals surface area (Å²) in [5, 5.41) is 8.84. The molecule has 0 aliphatic carbocycles. The Kier molecular flexibility index (Phi) is 5.22. The van der Waals surface area contributed by atoms with Gasteiger partial charge in [-0.1, -0.05) is 0 Å². The van der Waals surface area contributed by atoms with Gasteiger partial charge < -0.3 is 7.58 Å². The van der Waals surface area contributed by atoms with Gasteiger partial charge in [0.05, 0.1) is 16.7 Å². The molecular formula is C14H11AlF6NO2. The van der Waals surface area contributed by atoms with Crippen LogP contribution in [0.1, 0.15) is 42.0 Å². The van der Waals surface area contributed by atoms with E-state index in [0.717, 1.165) is 6.07 Å². The van der Waals surface area contributed by atoms with Crippen LogP contribution in [-0.2, 0) is 19.9 Å². The monoisotopic (exact) mass is 366 g/mol. The molecule has 0 aromatic heterocycles. The largest absolute Gasteiger partial charge is 0.668 e. The van der Waals surface area contributed by atoms with Crippen molar-refractivity contribution in [2.45, 2.75) is 44.3 Å². The fraction of sp³-hybridized carbons (Fsp3) is 0.500. The third-order valence-corrected chi connectivity index (χ3v) is 4.90. The van der Waals surface area contributed by atoms with E-state index in [4.69, 9.17) is 12.8 Å². The maximum atomic E-state index is 13.2. The topological polar surface area (TPSA) is 42.2 Å². The van der Waals surface area contributed by atoms with E-state index in [1.807, 2.05) is 0 Å². The SMILES string of the molecule is CC1[O][Al][O]C(C)C1c1cc(C(F)(F)F)c(C#N)c(C(F)(F)F)c1. The molecule has 0 spiro atoms. The van der Waals surface area contributed by atoms with Gasteiger partial charge in [-0.3, -0.25) is 0 Å². The lowest BCUT2D eigenvalue weighted by Gasteiger charge is -2.36. The van der Waals surface area contributed by atoms with Gasteiger partial charge in [-0.25, -0.2) is 0 Å². The molecule has 1 heterocycles. The van der Waals surface area contributed by atoms with Gasteiger partial charge in [0.2, 0.25) is 0 Å². The molecule has 2 atom stereocenters. The first-order valence-electron chi connectivity index (χ1n) is 6.82. The molecule has 1 aliphatic rings. The van der Waals surface area contributed by atoms with Crippen molar-refractivity contribution < 1.29 is 33.9 Å².